The van der Waals surface area contributed by atoms with E-state index in [1.165, 1.54) is 0 Å². The number of carbonyl (C=O) groups is 1. The summed E-state index contributed by atoms with van der Waals surface area (Å²) in [7, 11) is 0. The molecule has 9 N–H and O–H groups in total. The summed E-state index contributed by atoms with van der Waals surface area (Å²) in [6, 6.07) is 1.69. The Kier molecular flexibility index (Phi) is 6.71. The van der Waals surface area contributed by atoms with Crippen LogP contribution in [-0.2, 0) is 4.74 Å². The Morgan fingerprint density at radius 1 is 0.958 bits per heavy atom. The van der Waals surface area contributed by atoms with Crippen LogP contribution in [0.4, 0.5) is 0 Å². The molecule has 1 fully saturated rings. The number of phenolic OH excluding ortho intramolecular Hbond substituents is 3. The summed E-state index contributed by atoms with van der Waals surface area (Å²) >= 11 is 0. The smallest absolute Gasteiger partial charge is 0.335 e. The lowest BCUT2D eigenvalue weighted by molar-refractivity contribution is -0.286. The first-order chi connectivity index (χ1) is 11.1. The Hall–Kier alpha value is -2.15. The van der Waals surface area contributed by atoms with Crippen molar-refractivity contribution in [2.24, 2.45) is 0 Å². The maximum atomic E-state index is 10.3. The van der Waals surface area contributed by atoms with Gasteiger partial charge in [0, 0.05) is 0 Å². The van der Waals surface area contributed by atoms with Gasteiger partial charge in [0.25, 0.3) is 0 Å². The van der Waals surface area contributed by atoms with E-state index >= 15 is 0 Å². The quantitative estimate of drug-likeness (QED) is 0.250. The molecule has 0 aromatic heterocycles. The monoisotopic (exact) mass is 350 g/mol. The van der Waals surface area contributed by atoms with Gasteiger partial charge in [0.2, 0.25) is 0 Å². The minimum Gasteiger partial charge on any atom is -0.504 e. The van der Waals surface area contributed by atoms with Gasteiger partial charge in [-0.1, -0.05) is 0 Å². The van der Waals surface area contributed by atoms with Crippen LogP contribution >= 0.6 is 0 Å². The van der Waals surface area contributed by atoms with Gasteiger partial charge in [-0.3, -0.25) is 0 Å². The molecule has 11 heteroatoms. The third-order valence-corrected chi connectivity index (χ3v) is 3.18. The zero-order chi connectivity index (χ0) is 18.6. The molecule has 0 bridgehead atoms. The molecule has 1 unspecified atom stereocenters. The lowest BCUT2D eigenvalue weighted by Crippen LogP contribution is -2.58. The summed E-state index contributed by atoms with van der Waals surface area (Å²) < 4.78 is 4.58. The highest BCUT2D eigenvalue weighted by Gasteiger charge is 2.42. The number of rotatable bonds is 2. The maximum Gasteiger partial charge on any atom is 0.335 e. The van der Waals surface area contributed by atoms with Gasteiger partial charge in [-0.25, -0.2) is 4.79 Å². The van der Waals surface area contributed by atoms with Crippen LogP contribution < -0.4 is 0 Å². The third-order valence-electron chi connectivity index (χ3n) is 3.18. The minimum atomic E-state index is -1.57. The highest BCUT2D eigenvalue weighted by atomic mass is 16.6. The fourth-order valence-electron chi connectivity index (χ4n) is 1.81. The molecule has 0 aliphatic carbocycles. The van der Waals surface area contributed by atoms with E-state index in [2.05, 4.69) is 4.74 Å². The van der Waals surface area contributed by atoms with Gasteiger partial charge in [0.15, 0.2) is 23.5 Å². The Morgan fingerprint density at radius 3 is 1.88 bits per heavy atom. The first-order valence-corrected chi connectivity index (χ1v) is 6.57. The van der Waals surface area contributed by atoms with Crippen LogP contribution in [0.15, 0.2) is 12.1 Å². The lowest BCUT2D eigenvalue weighted by Gasteiger charge is -2.37. The van der Waals surface area contributed by atoms with Crippen molar-refractivity contribution >= 4 is 5.97 Å². The molecule has 0 spiro atoms. The maximum absolute atomic E-state index is 10.3. The largest absolute Gasteiger partial charge is 0.504 e. The van der Waals surface area contributed by atoms with E-state index < -0.39 is 60.5 Å². The summed E-state index contributed by atoms with van der Waals surface area (Å²) in [6.45, 7) is -0.526. The van der Waals surface area contributed by atoms with Gasteiger partial charge in [0.05, 0.1) is 12.2 Å². The molecule has 2 rings (SSSR count). The molecule has 11 nitrogen and oxygen atoms in total. The van der Waals surface area contributed by atoms with Crippen LogP contribution in [0.1, 0.15) is 10.4 Å². The lowest BCUT2D eigenvalue weighted by atomic mass is 10.00. The second-order valence-electron chi connectivity index (χ2n) is 4.89. The molecule has 0 saturated carbocycles. The van der Waals surface area contributed by atoms with Crippen molar-refractivity contribution in [3.05, 3.63) is 17.7 Å². The molecule has 1 saturated heterocycles. The second kappa shape index (κ2) is 8.10. The number of hydrogen-bond donors (Lipinski definition) is 9. The molecule has 24 heavy (non-hydrogen) atoms. The number of carboxylic acids is 1. The summed E-state index contributed by atoms with van der Waals surface area (Å²) in [5.41, 5.74) is -0.289. The number of benzene rings is 1. The predicted octanol–water partition coefficient (Wildman–Crippen LogP) is -2.72. The normalized spacial score (nSPS) is 29.5. The van der Waals surface area contributed by atoms with Crippen LogP contribution in [0.3, 0.4) is 0 Å². The Morgan fingerprint density at radius 2 is 1.46 bits per heavy atom. The van der Waals surface area contributed by atoms with Crippen molar-refractivity contribution in [3.63, 3.8) is 0 Å². The van der Waals surface area contributed by atoms with Crippen molar-refractivity contribution < 1.29 is 55.5 Å². The Labute approximate surface area is 134 Å². The van der Waals surface area contributed by atoms with Gasteiger partial charge in [-0.2, -0.15) is 0 Å². The SMILES string of the molecule is O=C(O)c1cc(O)c(O)c(O)c1.OC[C@H]1OC(O)[C@H](O)[C@@H](O)[C@@H]1O. The van der Waals surface area contributed by atoms with Crippen LogP contribution in [0.5, 0.6) is 17.2 Å². The zero-order valence-electron chi connectivity index (χ0n) is 12.1. The molecule has 1 aliphatic rings. The highest BCUT2D eigenvalue weighted by molar-refractivity contribution is 5.89. The van der Waals surface area contributed by atoms with Crippen LogP contribution in [0, 0.1) is 0 Å². The fraction of sp³-hybridized carbons (Fsp3) is 0.462. The molecule has 5 atom stereocenters. The number of aromatic hydroxyl groups is 3. The number of aliphatic hydroxyl groups is 5. The summed E-state index contributed by atoms with van der Waals surface area (Å²) in [4.78, 5) is 10.3. The number of phenols is 3. The van der Waals surface area contributed by atoms with Crippen molar-refractivity contribution in [1.29, 1.82) is 0 Å². The summed E-state index contributed by atoms with van der Waals surface area (Å²) in [6.07, 6.45) is -7.04. The number of aromatic carboxylic acids is 1. The Balaban J connectivity index is 0.000000240. The first-order valence-electron chi connectivity index (χ1n) is 6.57. The molecular formula is C13H18O11. The molecule has 1 aliphatic heterocycles. The number of carboxylic acid groups (broad SMARTS) is 1. The van der Waals surface area contributed by atoms with Gasteiger partial charge in [-0.05, 0) is 12.1 Å². The molecule has 1 aromatic carbocycles. The van der Waals surface area contributed by atoms with Crippen LogP contribution in [-0.4, -0.2) is 89.2 Å². The van der Waals surface area contributed by atoms with E-state index in [4.69, 9.17) is 46.0 Å². The summed E-state index contributed by atoms with van der Waals surface area (Å²) in [5.74, 6) is -3.33. The fourth-order valence-corrected chi connectivity index (χ4v) is 1.81. The summed E-state index contributed by atoms with van der Waals surface area (Å²) in [5, 5.41) is 79.6. The molecule has 1 aromatic rings. The van der Waals surface area contributed by atoms with Gasteiger partial charge < -0.3 is 50.7 Å². The molecule has 136 valence electrons. The van der Waals surface area contributed by atoms with Gasteiger partial charge in [-0.15, -0.1) is 0 Å². The van der Waals surface area contributed by atoms with E-state index in [1.54, 1.807) is 0 Å². The predicted molar refractivity (Wildman–Crippen MR) is 74.4 cm³/mol. The van der Waals surface area contributed by atoms with E-state index in [-0.39, 0.29) is 5.56 Å². The van der Waals surface area contributed by atoms with Gasteiger partial charge in [0.1, 0.15) is 24.4 Å². The van der Waals surface area contributed by atoms with Gasteiger partial charge >= 0.3 is 5.97 Å². The third kappa shape index (κ3) is 4.44. The Bertz CT molecular complexity index is 547. The molecule has 1 heterocycles. The van der Waals surface area contributed by atoms with Crippen molar-refractivity contribution in [1.82, 2.24) is 0 Å². The van der Waals surface area contributed by atoms with Crippen molar-refractivity contribution in [2.45, 2.75) is 30.7 Å². The van der Waals surface area contributed by atoms with E-state index in [1.807, 2.05) is 0 Å². The molecule has 0 radical (unpaired) electrons. The second-order valence-corrected chi connectivity index (χ2v) is 4.89. The average Bonchev–Trinajstić information content (AvgIpc) is 2.54. The standard InChI is InChI=1S/C7H6O5.C6H12O6/c8-4-1-3(7(11)12)2-5(9)6(4)10;7-1-2-3(8)4(9)5(10)6(11)12-2/h1-2,8-10H,(H,11,12);2-11H,1H2/t;2-,3-,4+,5-,6?/m.1/s1. The minimum absolute atomic E-state index is 0.289. The zero-order valence-corrected chi connectivity index (χ0v) is 12.1. The molecular weight excluding hydrogens is 332 g/mol. The number of ether oxygens (including phenoxy) is 1. The van der Waals surface area contributed by atoms with E-state index in [9.17, 15) is 4.79 Å². The number of hydrogen-bond acceptors (Lipinski definition) is 10. The van der Waals surface area contributed by atoms with Crippen molar-refractivity contribution in [2.75, 3.05) is 6.61 Å². The average molecular weight is 350 g/mol. The molecule has 0 amide bonds. The van der Waals surface area contributed by atoms with Crippen LogP contribution in [0.25, 0.3) is 0 Å². The van der Waals surface area contributed by atoms with Crippen molar-refractivity contribution in [3.8, 4) is 17.2 Å². The first kappa shape index (κ1) is 19.9. The topological polar surface area (TPSA) is 208 Å². The van der Waals surface area contributed by atoms with E-state index in [0.29, 0.717) is 0 Å². The number of aliphatic hydroxyl groups excluding tert-OH is 5. The highest BCUT2D eigenvalue weighted by Crippen LogP contribution is 2.35. The van der Waals surface area contributed by atoms with E-state index in [0.717, 1.165) is 12.1 Å². The van der Waals surface area contributed by atoms with Crippen LogP contribution in [0.2, 0.25) is 0 Å².